The quantitative estimate of drug-likeness (QED) is 0.485. The molecule has 210 valence electrons. The van der Waals surface area contributed by atoms with E-state index in [9.17, 15) is 35.9 Å². The summed E-state index contributed by atoms with van der Waals surface area (Å²) in [7, 11) is 0. The number of piperidine rings is 1. The number of benzene rings is 2. The van der Waals surface area contributed by atoms with E-state index in [2.05, 4.69) is 4.90 Å². The fourth-order valence-electron chi connectivity index (χ4n) is 5.71. The highest BCUT2D eigenvalue weighted by Gasteiger charge is 2.41. The van der Waals surface area contributed by atoms with Gasteiger partial charge in [0.2, 0.25) is 5.91 Å². The molecule has 2 atom stereocenters. The molecule has 2 aromatic carbocycles. The van der Waals surface area contributed by atoms with Crippen molar-refractivity contribution in [1.82, 2.24) is 14.7 Å². The summed E-state index contributed by atoms with van der Waals surface area (Å²) in [5.74, 6) is -0.695. The molecule has 5 nitrogen and oxygen atoms in total. The van der Waals surface area contributed by atoms with Gasteiger partial charge < -0.3 is 9.80 Å². The number of hydrogen-bond donors (Lipinski definition) is 0. The van der Waals surface area contributed by atoms with Crippen molar-refractivity contribution in [2.24, 2.45) is 5.92 Å². The maximum Gasteiger partial charge on any atom is 0.416 e. The van der Waals surface area contributed by atoms with Crippen LogP contribution in [0.3, 0.4) is 0 Å². The second-order valence-corrected chi connectivity index (χ2v) is 10.6. The van der Waals surface area contributed by atoms with Crippen LogP contribution in [0.2, 0.25) is 0 Å². The average molecular weight is 554 g/mol. The number of alkyl halides is 6. The fourth-order valence-corrected chi connectivity index (χ4v) is 5.71. The predicted molar refractivity (Wildman–Crippen MR) is 131 cm³/mol. The minimum absolute atomic E-state index is 0.0156. The van der Waals surface area contributed by atoms with Crippen molar-refractivity contribution in [3.8, 4) is 0 Å². The first kappa shape index (κ1) is 27.5. The van der Waals surface area contributed by atoms with Crippen LogP contribution < -0.4 is 0 Å². The molecular formula is C28H29F6N3O2. The largest absolute Gasteiger partial charge is 0.416 e. The molecule has 5 rings (SSSR count). The summed E-state index contributed by atoms with van der Waals surface area (Å²) in [6.45, 7) is 2.92. The lowest BCUT2D eigenvalue weighted by Crippen LogP contribution is -2.57. The zero-order valence-corrected chi connectivity index (χ0v) is 21.1. The van der Waals surface area contributed by atoms with Crippen molar-refractivity contribution >= 4 is 11.8 Å². The van der Waals surface area contributed by atoms with Gasteiger partial charge in [0.05, 0.1) is 11.1 Å². The van der Waals surface area contributed by atoms with Crippen molar-refractivity contribution < 1.29 is 35.9 Å². The fraction of sp³-hybridized carbons (Fsp3) is 0.500. The van der Waals surface area contributed by atoms with Crippen molar-refractivity contribution in [1.29, 1.82) is 0 Å². The van der Waals surface area contributed by atoms with Crippen LogP contribution in [-0.2, 0) is 17.1 Å². The van der Waals surface area contributed by atoms with Crippen LogP contribution in [0, 0.1) is 5.92 Å². The standard InChI is InChI=1S/C28H29F6N3O2/c29-27(30,31)21-14-20(15-22(16-21)28(32,33)34)26(39)37-9-8-24(23(17-37)18-4-2-1-3-5-18)35-10-12-36(13-11-35)25(38)19-6-7-19/h1-5,14-16,19,23-24H,6-13,17H2. The van der Waals surface area contributed by atoms with Gasteiger partial charge in [0.15, 0.2) is 0 Å². The Hall–Kier alpha value is -3.08. The van der Waals surface area contributed by atoms with E-state index in [-0.39, 0.29) is 42.9 Å². The van der Waals surface area contributed by atoms with E-state index in [0.29, 0.717) is 44.7 Å². The maximum atomic E-state index is 13.4. The molecule has 2 aliphatic heterocycles. The Morgan fingerprint density at radius 1 is 0.718 bits per heavy atom. The monoisotopic (exact) mass is 553 g/mol. The van der Waals surface area contributed by atoms with Gasteiger partial charge in [-0.1, -0.05) is 30.3 Å². The lowest BCUT2D eigenvalue weighted by molar-refractivity contribution is -0.143. The Kier molecular flexibility index (Phi) is 7.39. The summed E-state index contributed by atoms with van der Waals surface area (Å²) >= 11 is 0. The van der Waals surface area contributed by atoms with Crippen LogP contribution in [-0.4, -0.2) is 71.8 Å². The third-order valence-electron chi connectivity index (χ3n) is 7.95. The van der Waals surface area contributed by atoms with Crippen LogP contribution in [0.1, 0.15) is 52.2 Å². The number of halogens is 6. The van der Waals surface area contributed by atoms with Gasteiger partial charge in [0, 0.05) is 62.7 Å². The third-order valence-corrected chi connectivity index (χ3v) is 7.95. The van der Waals surface area contributed by atoms with Crippen molar-refractivity contribution in [2.45, 2.75) is 43.6 Å². The van der Waals surface area contributed by atoms with Gasteiger partial charge in [-0.25, -0.2) is 0 Å². The van der Waals surface area contributed by atoms with E-state index in [1.165, 1.54) is 4.90 Å². The van der Waals surface area contributed by atoms with E-state index in [1.807, 2.05) is 35.2 Å². The van der Waals surface area contributed by atoms with Gasteiger partial charge in [-0.15, -0.1) is 0 Å². The Morgan fingerprint density at radius 2 is 1.31 bits per heavy atom. The van der Waals surface area contributed by atoms with E-state index in [0.717, 1.165) is 18.4 Å². The number of hydrogen-bond acceptors (Lipinski definition) is 3. The van der Waals surface area contributed by atoms with E-state index in [1.54, 1.807) is 0 Å². The first-order chi connectivity index (χ1) is 18.4. The van der Waals surface area contributed by atoms with Gasteiger partial charge in [-0.3, -0.25) is 14.5 Å². The number of carbonyl (C=O) groups excluding carboxylic acids is 2. The van der Waals surface area contributed by atoms with E-state index in [4.69, 9.17) is 0 Å². The molecule has 2 saturated heterocycles. The molecule has 0 N–H and O–H groups in total. The highest BCUT2D eigenvalue weighted by molar-refractivity contribution is 5.95. The second kappa shape index (κ2) is 10.5. The molecule has 3 aliphatic rings. The Morgan fingerprint density at radius 3 is 1.85 bits per heavy atom. The lowest BCUT2D eigenvalue weighted by Gasteiger charge is -2.47. The van der Waals surface area contributed by atoms with E-state index < -0.39 is 35.0 Å². The van der Waals surface area contributed by atoms with Crippen LogP contribution in [0.15, 0.2) is 48.5 Å². The summed E-state index contributed by atoms with van der Waals surface area (Å²) in [4.78, 5) is 31.4. The number of likely N-dealkylation sites (tertiary alicyclic amines) is 1. The molecule has 2 aromatic rings. The molecule has 1 aliphatic carbocycles. The first-order valence-electron chi connectivity index (χ1n) is 13.1. The summed E-state index contributed by atoms with van der Waals surface area (Å²) < 4.78 is 80.3. The summed E-state index contributed by atoms with van der Waals surface area (Å²) in [6.07, 6.45) is -7.67. The van der Waals surface area contributed by atoms with Gasteiger partial charge in [-0.2, -0.15) is 26.3 Å². The molecule has 2 unspecified atom stereocenters. The van der Waals surface area contributed by atoms with Crippen LogP contribution in [0.25, 0.3) is 0 Å². The molecule has 0 aromatic heterocycles. The number of nitrogens with zero attached hydrogens (tertiary/aromatic N) is 3. The van der Waals surface area contributed by atoms with Crippen molar-refractivity contribution in [3.05, 3.63) is 70.8 Å². The highest BCUT2D eigenvalue weighted by atomic mass is 19.4. The number of amides is 2. The van der Waals surface area contributed by atoms with Crippen molar-refractivity contribution in [3.63, 3.8) is 0 Å². The summed E-state index contributed by atoms with van der Waals surface area (Å²) in [5, 5.41) is 0. The SMILES string of the molecule is O=C(c1cc(C(F)(F)F)cc(C(F)(F)F)c1)N1CCC(N2CCN(C(=O)C3CC3)CC2)C(c2ccccc2)C1. The average Bonchev–Trinajstić information content (AvgIpc) is 3.77. The number of carbonyl (C=O) groups is 2. The van der Waals surface area contributed by atoms with Crippen LogP contribution in [0.4, 0.5) is 26.3 Å². The minimum atomic E-state index is -5.03. The lowest BCUT2D eigenvalue weighted by atomic mass is 9.84. The molecule has 0 bridgehead atoms. The third kappa shape index (κ3) is 6.08. The molecule has 11 heteroatoms. The molecule has 2 amide bonds. The maximum absolute atomic E-state index is 13.4. The van der Waals surface area contributed by atoms with Crippen LogP contribution in [0.5, 0.6) is 0 Å². The van der Waals surface area contributed by atoms with Gasteiger partial charge >= 0.3 is 12.4 Å². The molecule has 0 radical (unpaired) electrons. The van der Waals surface area contributed by atoms with E-state index >= 15 is 0 Å². The zero-order valence-electron chi connectivity index (χ0n) is 21.1. The number of rotatable bonds is 4. The second-order valence-electron chi connectivity index (χ2n) is 10.6. The Bertz CT molecular complexity index is 1170. The molecule has 1 saturated carbocycles. The van der Waals surface area contributed by atoms with Gasteiger partial charge in [0.25, 0.3) is 5.91 Å². The van der Waals surface area contributed by atoms with Crippen molar-refractivity contribution in [2.75, 3.05) is 39.3 Å². The highest BCUT2D eigenvalue weighted by Crippen LogP contribution is 2.38. The molecular weight excluding hydrogens is 524 g/mol. The molecule has 39 heavy (non-hydrogen) atoms. The number of piperazine rings is 1. The first-order valence-corrected chi connectivity index (χ1v) is 13.1. The normalized spacial score (nSPS) is 23.1. The molecule has 3 fully saturated rings. The zero-order chi connectivity index (χ0) is 27.9. The molecule has 2 heterocycles. The van der Waals surface area contributed by atoms with Crippen LogP contribution >= 0.6 is 0 Å². The van der Waals surface area contributed by atoms with Gasteiger partial charge in [0.1, 0.15) is 0 Å². The van der Waals surface area contributed by atoms with Gasteiger partial charge in [-0.05, 0) is 43.0 Å². The Labute approximate surface area is 222 Å². The summed E-state index contributed by atoms with van der Waals surface area (Å²) in [6, 6.07) is 10.5. The smallest absolute Gasteiger partial charge is 0.340 e. The predicted octanol–water partition coefficient (Wildman–Crippen LogP) is 5.28. The summed E-state index contributed by atoms with van der Waals surface area (Å²) in [5.41, 5.74) is -2.70. The minimum Gasteiger partial charge on any atom is -0.340 e. The topological polar surface area (TPSA) is 43.9 Å². The molecule has 0 spiro atoms. The Balaban J connectivity index is 1.37.